The van der Waals surface area contributed by atoms with E-state index in [1.165, 1.54) is 0 Å². The quantitative estimate of drug-likeness (QED) is 0.239. The smallest absolute Gasteiger partial charge is 0.409 e. The second-order valence-corrected chi connectivity index (χ2v) is 6.61. The van der Waals surface area contributed by atoms with E-state index in [9.17, 15) is 13.2 Å². The summed E-state index contributed by atoms with van der Waals surface area (Å²) in [6.07, 6.45) is -0.868. The number of hydrogen-bond donors (Lipinski definition) is 3. The van der Waals surface area contributed by atoms with Crippen LogP contribution in [0.4, 0.5) is 24.8 Å². The van der Waals surface area contributed by atoms with Crippen LogP contribution in [0.5, 0.6) is 0 Å². The van der Waals surface area contributed by atoms with Crippen LogP contribution in [0.3, 0.4) is 0 Å². The number of pyridine rings is 1. The lowest BCUT2D eigenvalue weighted by atomic mass is 10.0. The van der Waals surface area contributed by atoms with Crippen molar-refractivity contribution < 1.29 is 18.4 Å². The zero-order chi connectivity index (χ0) is 21.7. The molecule has 3 aromatic rings. The summed E-state index contributed by atoms with van der Waals surface area (Å²) in [5.74, 6) is -0.00919. The Morgan fingerprint density at radius 1 is 1.13 bits per heavy atom. The molecule has 0 radical (unpaired) electrons. The Kier molecular flexibility index (Phi) is 6.14. The minimum atomic E-state index is -4.54. The molecule has 0 saturated heterocycles. The van der Waals surface area contributed by atoms with Crippen molar-refractivity contribution in [3.8, 4) is 11.1 Å². The van der Waals surface area contributed by atoms with Crippen LogP contribution in [-0.4, -0.2) is 26.0 Å². The Hall–Kier alpha value is -3.69. The highest BCUT2D eigenvalue weighted by Gasteiger charge is 2.32. The predicted octanol–water partition coefficient (Wildman–Crippen LogP) is 4.29. The van der Waals surface area contributed by atoms with Gasteiger partial charge in [-0.05, 0) is 48.7 Å². The van der Waals surface area contributed by atoms with Gasteiger partial charge in [0.1, 0.15) is 11.5 Å². The van der Waals surface area contributed by atoms with Crippen molar-refractivity contribution in [3.63, 3.8) is 0 Å². The first-order valence-electron chi connectivity index (χ1n) is 8.95. The predicted molar refractivity (Wildman–Crippen MR) is 106 cm³/mol. The number of halogens is 3. The summed E-state index contributed by atoms with van der Waals surface area (Å²) in [4.78, 5) is 11.8. The Morgan fingerprint density at radius 3 is 2.60 bits per heavy atom. The maximum Gasteiger partial charge on any atom is 0.433 e. The van der Waals surface area contributed by atoms with Crippen molar-refractivity contribution in [2.75, 3.05) is 5.32 Å². The van der Waals surface area contributed by atoms with Gasteiger partial charge >= 0.3 is 6.18 Å². The van der Waals surface area contributed by atoms with E-state index in [0.717, 1.165) is 34.6 Å². The molecule has 0 saturated carbocycles. The minimum absolute atomic E-state index is 0.132. The van der Waals surface area contributed by atoms with E-state index < -0.39 is 11.9 Å². The average molecular weight is 416 g/mol. The lowest BCUT2D eigenvalue weighted by Crippen LogP contribution is -2.12. The monoisotopic (exact) mass is 416 g/mol. The van der Waals surface area contributed by atoms with Gasteiger partial charge in [-0.15, -0.1) is 0 Å². The van der Waals surface area contributed by atoms with Crippen molar-refractivity contribution >= 4 is 17.5 Å². The maximum atomic E-state index is 12.9. The zero-order valence-corrected chi connectivity index (χ0v) is 16.0. The molecule has 30 heavy (non-hydrogen) atoms. The van der Waals surface area contributed by atoms with Crippen LogP contribution in [0.25, 0.3) is 11.1 Å². The van der Waals surface area contributed by atoms with E-state index in [1.54, 1.807) is 18.3 Å². The van der Waals surface area contributed by atoms with E-state index in [0.29, 0.717) is 18.5 Å². The normalized spacial score (nSPS) is 12.1. The van der Waals surface area contributed by atoms with Crippen molar-refractivity contribution in [2.24, 2.45) is 10.9 Å². The molecule has 4 N–H and O–H groups in total. The van der Waals surface area contributed by atoms with E-state index in [2.05, 4.69) is 25.4 Å². The molecule has 2 aromatic heterocycles. The highest BCUT2D eigenvalue weighted by Crippen LogP contribution is 2.29. The lowest BCUT2D eigenvalue weighted by Gasteiger charge is -2.11. The number of hydrogen-bond acceptors (Lipinski definition) is 6. The fourth-order valence-corrected chi connectivity index (χ4v) is 2.78. The van der Waals surface area contributed by atoms with Gasteiger partial charge in [-0.1, -0.05) is 17.3 Å². The number of oxime groups is 1. The molecule has 7 nitrogen and oxygen atoms in total. The first-order chi connectivity index (χ1) is 14.2. The number of alkyl halides is 3. The number of benzene rings is 1. The summed E-state index contributed by atoms with van der Waals surface area (Å²) in [6, 6.07) is 10.0. The van der Waals surface area contributed by atoms with E-state index >= 15 is 0 Å². The number of aromatic nitrogens is 3. The average Bonchev–Trinajstić information content (AvgIpc) is 2.71. The molecule has 2 heterocycles. The van der Waals surface area contributed by atoms with Crippen LogP contribution in [0.15, 0.2) is 53.9 Å². The Balaban J connectivity index is 1.80. The summed E-state index contributed by atoms with van der Waals surface area (Å²) >= 11 is 0. The van der Waals surface area contributed by atoms with Gasteiger partial charge in [0, 0.05) is 35.8 Å². The maximum absolute atomic E-state index is 12.9. The third kappa shape index (κ3) is 5.43. The fraction of sp³-hybridized carbons (Fsp3) is 0.200. The molecule has 1 aromatic carbocycles. The summed E-state index contributed by atoms with van der Waals surface area (Å²) in [7, 11) is 0. The van der Waals surface area contributed by atoms with E-state index in [-0.39, 0.29) is 11.8 Å². The number of rotatable bonds is 6. The second-order valence-electron chi connectivity index (χ2n) is 6.61. The standard InChI is InChI=1S/C20H19F3N6O/c1-12-8-14(13-2-3-15(26-11-13)4-5-18(24)29-30)10-16(9-12)27-19-25-7-6-17(28-19)20(21,22)23/h2-3,6-11,30H,4-5H2,1H3,(H2,24,29)(H,25,27,28). The van der Waals surface area contributed by atoms with Gasteiger partial charge in [0.05, 0.1) is 0 Å². The molecule has 3 rings (SSSR count). The van der Waals surface area contributed by atoms with Crippen molar-refractivity contribution in [2.45, 2.75) is 25.9 Å². The Bertz CT molecular complexity index is 1050. The largest absolute Gasteiger partial charge is 0.433 e. The molecular formula is C20H19F3N6O. The molecule has 0 aliphatic heterocycles. The number of nitrogens with one attached hydrogen (secondary N) is 1. The number of anilines is 2. The minimum Gasteiger partial charge on any atom is -0.409 e. The zero-order valence-electron chi connectivity index (χ0n) is 16.0. The van der Waals surface area contributed by atoms with Gasteiger partial charge in [-0.25, -0.2) is 9.97 Å². The molecule has 0 atom stereocenters. The van der Waals surface area contributed by atoms with Gasteiger partial charge < -0.3 is 16.3 Å². The molecule has 0 amide bonds. The van der Waals surface area contributed by atoms with Crippen LogP contribution in [0.2, 0.25) is 0 Å². The van der Waals surface area contributed by atoms with Crippen molar-refractivity contribution in [3.05, 3.63) is 65.7 Å². The van der Waals surface area contributed by atoms with Crippen LogP contribution >= 0.6 is 0 Å². The van der Waals surface area contributed by atoms with Crippen LogP contribution < -0.4 is 11.1 Å². The summed E-state index contributed by atoms with van der Waals surface area (Å²) in [6.45, 7) is 1.88. The van der Waals surface area contributed by atoms with Gasteiger partial charge in [0.15, 0.2) is 0 Å². The molecular weight excluding hydrogens is 397 g/mol. The third-order valence-electron chi connectivity index (χ3n) is 4.20. The molecule has 0 aliphatic rings. The molecule has 0 bridgehead atoms. The van der Waals surface area contributed by atoms with E-state index in [1.807, 2.05) is 25.1 Å². The third-order valence-corrected chi connectivity index (χ3v) is 4.20. The SMILES string of the molecule is Cc1cc(Nc2nccc(C(F)(F)F)n2)cc(-c2ccc(CCC(N)=NO)nc2)c1. The first-order valence-corrected chi connectivity index (χ1v) is 8.95. The topological polar surface area (TPSA) is 109 Å². The number of aryl methyl sites for hydroxylation is 2. The van der Waals surface area contributed by atoms with Crippen molar-refractivity contribution in [1.29, 1.82) is 0 Å². The summed E-state index contributed by atoms with van der Waals surface area (Å²) in [5.41, 5.74) is 8.36. The molecule has 0 spiro atoms. The highest BCUT2D eigenvalue weighted by atomic mass is 19.4. The van der Waals surface area contributed by atoms with Gasteiger partial charge in [0.2, 0.25) is 5.95 Å². The summed E-state index contributed by atoms with van der Waals surface area (Å²) in [5, 5.41) is 14.3. The van der Waals surface area contributed by atoms with E-state index in [4.69, 9.17) is 10.9 Å². The molecule has 156 valence electrons. The Morgan fingerprint density at radius 2 is 1.93 bits per heavy atom. The fourth-order valence-electron chi connectivity index (χ4n) is 2.78. The Labute approximate surface area is 170 Å². The van der Waals surface area contributed by atoms with Gasteiger partial charge in [-0.3, -0.25) is 4.98 Å². The van der Waals surface area contributed by atoms with Gasteiger partial charge in [-0.2, -0.15) is 13.2 Å². The number of nitrogens with two attached hydrogens (primary N) is 1. The first kappa shape index (κ1) is 21.0. The second kappa shape index (κ2) is 8.76. The highest BCUT2D eigenvalue weighted by molar-refractivity contribution is 5.79. The van der Waals surface area contributed by atoms with Crippen LogP contribution in [0, 0.1) is 6.92 Å². The van der Waals surface area contributed by atoms with Crippen molar-refractivity contribution in [1.82, 2.24) is 15.0 Å². The molecule has 0 aliphatic carbocycles. The molecule has 10 heteroatoms. The number of amidine groups is 1. The molecule has 0 unspecified atom stereocenters. The lowest BCUT2D eigenvalue weighted by molar-refractivity contribution is -0.141. The number of nitrogens with zero attached hydrogens (tertiary/aromatic N) is 4. The van der Waals surface area contributed by atoms with Crippen LogP contribution in [0.1, 0.15) is 23.4 Å². The summed E-state index contributed by atoms with van der Waals surface area (Å²) < 4.78 is 38.6. The molecule has 0 fully saturated rings. The van der Waals surface area contributed by atoms with Crippen LogP contribution in [-0.2, 0) is 12.6 Å². The van der Waals surface area contributed by atoms with Gasteiger partial charge in [0.25, 0.3) is 0 Å².